The SMILES string of the molecule is COCCN1C(=O)CC[C@]12CCCN(C(=O)c1cnccn1)CC2. The van der Waals surface area contributed by atoms with Crippen molar-refractivity contribution in [1.82, 2.24) is 19.8 Å². The normalized spacial score (nSPS) is 24.5. The van der Waals surface area contributed by atoms with Crippen LogP contribution in [-0.4, -0.2) is 70.5 Å². The Bertz CT molecular complexity index is 595. The zero-order valence-electron chi connectivity index (χ0n) is 14.1. The topological polar surface area (TPSA) is 75.6 Å². The van der Waals surface area contributed by atoms with Gasteiger partial charge in [-0.25, -0.2) is 4.98 Å². The summed E-state index contributed by atoms with van der Waals surface area (Å²) in [6.07, 6.45) is 8.72. The smallest absolute Gasteiger partial charge is 0.274 e. The molecule has 7 heteroatoms. The van der Waals surface area contributed by atoms with E-state index in [1.54, 1.807) is 13.3 Å². The lowest BCUT2D eigenvalue weighted by atomic mass is 9.88. The first-order valence-corrected chi connectivity index (χ1v) is 8.51. The number of ether oxygens (including phenoxy) is 1. The lowest BCUT2D eigenvalue weighted by molar-refractivity contribution is -0.132. The van der Waals surface area contributed by atoms with Crippen molar-refractivity contribution in [2.45, 2.75) is 37.6 Å². The molecule has 1 spiro atoms. The third-order valence-corrected chi connectivity index (χ3v) is 5.18. The van der Waals surface area contributed by atoms with Crippen LogP contribution in [0.1, 0.15) is 42.6 Å². The van der Waals surface area contributed by atoms with Gasteiger partial charge in [-0.1, -0.05) is 0 Å². The number of carbonyl (C=O) groups is 2. The number of carbonyl (C=O) groups excluding carboxylic acids is 2. The molecule has 3 heterocycles. The molecule has 1 aromatic heterocycles. The second kappa shape index (κ2) is 7.25. The van der Waals surface area contributed by atoms with E-state index in [0.29, 0.717) is 38.4 Å². The maximum atomic E-state index is 12.6. The molecular formula is C17H24N4O3. The Kier molecular flexibility index (Phi) is 5.08. The Hall–Kier alpha value is -2.02. The number of methoxy groups -OCH3 is 1. The van der Waals surface area contributed by atoms with E-state index in [1.165, 1.54) is 12.4 Å². The van der Waals surface area contributed by atoms with E-state index >= 15 is 0 Å². The predicted octanol–water partition coefficient (Wildman–Crippen LogP) is 1.11. The van der Waals surface area contributed by atoms with Crippen molar-refractivity contribution in [3.05, 3.63) is 24.3 Å². The van der Waals surface area contributed by atoms with E-state index in [9.17, 15) is 9.59 Å². The highest BCUT2D eigenvalue weighted by molar-refractivity contribution is 5.92. The molecule has 1 aromatic rings. The predicted molar refractivity (Wildman–Crippen MR) is 87.3 cm³/mol. The van der Waals surface area contributed by atoms with Crippen LogP contribution in [0.4, 0.5) is 0 Å². The molecule has 24 heavy (non-hydrogen) atoms. The van der Waals surface area contributed by atoms with E-state index < -0.39 is 0 Å². The van der Waals surface area contributed by atoms with Crippen LogP contribution in [0.3, 0.4) is 0 Å². The first kappa shape index (κ1) is 16.8. The van der Waals surface area contributed by atoms with Gasteiger partial charge in [0, 0.05) is 51.1 Å². The lowest BCUT2D eigenvalue weighted by Crippen LogP contribution is -2.48. The van der Waals surface area contributed by atoms with Crippen molar-refractivity contribution in [3.63, 3.8) is 0 Å². The number of nitrogens with zero attached hydrogens (tertiary/aromatic N) is 4. The molecule has 2 amide bonds. The van der Waals surface area contributed by atoms with Gasteiger partial charge in [0.05, 0.1) is 12.8 Å². The summed E-state index contributed by atoms with van der Waals surface area (Å²) < 4.78 is 5.16. The molecule has 2 fully saturated rings. The zero-order valence-corrected chi connectivity index (χ0v) is 14.1. The second-order valence-electron chi connectivity index (χ2n) is 6.50. The summed E-state index contributed by atoms with van der Waals surface area (Å²) in [6.45, 7) is 2.53. The van der Waals surface area contributed by atoms with Gasteiger partial charge < -0.3 is 14.5 Å². The van der Waals surface area contributed by atoms with E-state index in [0.717, 1.165) is 25.7 Å². The Morgan fingerprint density at radius 2 is 2.17 bits per heavy atom. The molecular weight excluding hydrogens is 308 g/mol. The van der Waals surface area contributed by atoms with E-state index in [-0.39, 0.29) is 17.4 Å². The van der Waals surface area contributed by atoms with Gasteiger partial charge in [0.1, 0.15) is 5.69 Å². The first-order valence-electron chi connectivity index (χ1n) is 8.51. The number of likely N-dealkylation sites (tertiary alicyclic amines) is 2. The minimum Gasteiger partial charge on any atom is -0.383 e. The van der Waals surface area contributed by atoms with Gasteiger partial charge in [0.15, 0.2) is 0 Å². The van der Waals surface area contributed by atoms with Crippen molar-refractivity contribution < 1.29 is 14.3 Å². The van der Waals surface area contributed by atoms with Gasteiger partial charge in [0.25, 0.3) is 5.91 Å². The van der Waals surface area contributed by atoms with Crippen molar-refractivity contribution in [2.24, 2.45) is 0 Å². The van der Waals surface area contributed by atoms with Crippen molar-refractivity contribution >= 4 is 11.8 Å². The summed E-state index contributed by atoms with van der Waals surface area (Å²) in [7, 11) is 1.65. The maximum absolute atomic E-state index is 12.6. The Labute approximate surface area is 142 Å². The molecule has 7 nitrogen and oxygen atoms in total. The van der Waals surface area contributed by atoms with Gasteiger partial charge in [-0.3, -0.25) is 14.6 Å². The van der Waals surface area contributed by atoms with Crippen LogP contribution in [0.25, 0.3) is 0 Å². The zero-order chi connectivity index (χ0) is 17.0. The second-order valence-corrected chi connectivity index (χ2v) is 6.50. The molecule has 0 aromatic carbocycles. The molecule has 0 unspecified atom stereocenters. The van der Waals surface area contributed by atoms with E-state index in [1.807, 2.05) is 9.80 Å². The highest BCUT2D eigenvalue weighted by atomic mass is 16.5. The largest absolute Gasteiger partial charge is 0.383 e. The standard InChI is InChI=1S/C17H24N4O3/c1-24-12-11-21-15(22)3-5-17(21)4-2-9-20(10-6-17)16(23)14-13-18-7-8-19-14/h7-8,13H,2-6,9-12H2,1H3/t17-/m0/s1. The summed E-state index contributed by atoms with van der Waals surface area (Å²) >= 11 is 0. The van der Waals surface area contributed by atoms with Crippen LogP contribution in [0, 0.1) is 0 Å². The third-order valence-electron chi connectivity index (χ3n) is 5.18. The molecule has 0 N–H and O–H groups in total. The number of hydrogen-bond acceptors (Lipinski definition) is 5. The maximum Gasteiger partial charge on any atom is 0.274 e. The summed E-state index contributed by atoms with van der Waals surface area (Å²) in [5, 5.41) is 0. The van der Waals surface area contributed by atoms with E-state index in [4.69, 9.17) is 4.74 Å². The van der Waals surface area contributed by atoms with Crippen molar-refractivity contribution in [3.8, 4) is 0 Å². The summed E-state index contributed by atoms with van der Waals surface area (Å²) in [5.74, 6) is 0.133. The Morgan fingerprint density at radius 3 is 2.92 bits per heavy atom. The fraction of sp³-hybridized carbons (Fsp3) is 0.647. The first-order chi connectivity index (χ1) is 11.7. The quantitative estimate of drug-likeness (QED) is 0.825. The summed E-state index contributed by atoms with van der Waals surface area (Å²) in [5.41, 5.74) is 0.264. The highest BCUT2D eigenvalue weighted by Crippen LogP contribution is 2.39. The molecule has 2 aliphatic heterocycles. The average molecular weight is 332 g/mol. The monoisotopic (exact) mass is 332 g/mol. The molecule has 0 bridgehead atoms. The lowest BCUT2D eigenvalue weighted by Gasteiger charge is -2.38. The van der Waals surface area contributed by atoms with Gasteiger partial charge >= 0.3 is 0 Å². The fourth-order valence-corrected chi connectivity index (χ4v) is 3.89. The fourth-order valence-electron chi connectivity index (χ4n) is 3.89. The van der Waals surface area contributed by atoms with E-state index in [2.05, 4.69) is 9.97 Å². The van der Waals surface area contributed by atoms with Crippen molar-refractivity contribution in [1.29, 1.82) is 0 Å². The molecule has 3 rings (SSSR count). The minimum absolute atomic E-state index is 0.0760. The summed E-state index contributed by atoms with van der Waals surface area (Å²) in [6, 6.07) is 0. The minimum atomic E-state index is -0.118. The molecule has 0 radical (unpaired) electrons. The molecule has 0 saturated carbocycles. The van der Waals surface area contributed by atoms with Crippen LogP contribution < -0.4 is 0 Å². The molecule has 2 saturated heterocycles. The number of aromatic nitrogens is 2. The molecule has 1 atom stereocenters. The number of amides is 2. The van der Waals surface area contributed by atoms with Gasteiger partial charge in [-0.2, -0.15) is 0 Å². The van der Waals surface area contributed by atoms with Gasteiger partial charge in [-0.15, -0.1) is 0 Å². The summed E-state index contributed by atoms with van der Waals surface area (Å²) in [4.78, 5) is 36.8. The van der Waals surface area contributed by atoms with Crippen molar-refractivity contribution in [2.75, 3.05) is 33.4 Å². The molecule has 2 aliphatic rings. The number of rotatable bonds is 4. The third kappa shape index (κ3) is 3.26. The number of hydrogen-bond donors (Lipinski definition) is 0. The molecule has 130 valence electrons. The Morgan fingerprint density at radius 1 is 1.29 bits per heavy atom. The Balaban J connectivity index is 1.70. The van der Waals surface area contributed by atoms with Crippen LogP contribution in [0.5, 0.6) is 0 Å². The van der Waals surface area contributed by atoms with Gasteiger partial charge in [-0.05, 0) is 25.7 Å². The van der Waals surface area contributed by atoms with Crippen LogP contribution in [0.15, 0.2) is 18.6 Å². The average Bonchev–Trinajstić information content (AvgIpc) is 2.79. The molecule has 0 aliphatic carbocycles. The van der Waals surface area contributed by atoms with Crippen LogP contribution in [-0.2, 0) is 9.53 Å². The van der Waals surface area contributed by atoms with Crippen LogP contribution in [0.2, 0.25) is 0 Å². The highest BCUT2D eigenvalue weighted by Gasteiger charge is 2.45. The van der Waals surface area contributed by atoms with Gasteiger partial charge in [0.2, 0.25) is 5.91 Å². The van der Waals surface area contributed by atoms with Crippen LogP contribution >= 0.6 is 0 Å².